The quantitative estimate of drug-likeness (QED) is 0.862. The van der Waals surface area contributed by atoms with Crippen molar-refractivity contribution in [1.82, 2.24) is 14.4 Å². The van der Waals surface area contributed by atoms with Crippen LogP contribution in [0.3, 0.4) is 0 Å². The lowest BCUT2D eigenvalue weighted by Crippen LogP contribution is -2.46. The number of aryl methyl sites for hydroxylation is 2. The molecule has 0 fully saturated rings. The third-order valence-electron chi connectivity index (χ3n) is 6.45. The van der Waals surface area contributed by atoms with Gasteiger partial charge in [-0.2, -0.15) is 0 Å². The summed E-state index contributed by atoms with van der Waals surface area (Å²) in [6, 6.07) is 7.40. The average Bonchev–Trinajstić information content (AvgIpc) is 2.96. The van der Waals surface area contributed by atoms with Crippen molar-refractivity contribution in [3.8, 4) is 0 Å². The molecule has 2 atom stereocenters. The summed E-state index contributed by atoms with van der Waals surface area (Å²) in [5, 5.41) is 12.1. The van der Waals surface area contributed by atoms with E-state index in [0.717, 1.165) is 39.3 Å². The van der Waals surface area contributed by atoms with Crippen LogP contribution in [0.1, 0.15) is 49.6 Å². The van der Waals surface area contributed by atoms with Crippen LogP contribution in [0.2, 0.25) is 0 Å². The highest BCUT2D eigenvalue weighted by Gasteiger charge is 2.35. The first-order valence-electron chi connectivity index (χ1n) is 10.4. The Morgan fingerprint density at radius 1 is 1.23 bits per heavy atom. The zero-order chi connectivity index (χ0) is 18.3. The van der Waals surface area contributed by atoms with Crippen molar-refractivity contribution >= 4 is 10.9 Å². The van der Waals surface area contributed by atoms with Gasteiger partial charge in [-0.15, -0.1) is 0 Å². The zero-order valence-corrected chi connectivity index (χ0v) is 16.5. The van der Waals surface area contributed by atoms with E-state index in [1.54, 1.807) is 5.56 Å². The molecule has 1 aliphatic heterocycles. The van der Waals surface area contributed by atoms with E-state index in [4.69, 9.17) is 0 Å². The van der Waals surface area contributed by atoms with Gasteiger partial charge >= 0.3 is 0 Å². The van der Waals surface area contributed by atoms with Gasteiger partial charge in [-0.25, -0.2) is 0 Å². The van der Waals surface area contributed by atoms with E-state index in [1.165, 1.54) is 41.4 Å². The van der Waals surface area contributed by atoms with Crippen LogP contribution in [-0.4, -0.2) is 58.3 Å². The predicted octanol–water partition coefficient (Wildman–Crippen LogP) is 3.35. The van der Waals surface area contributed by atoms with E-state index in [9.17, 15) is 5.11 Å². The Morgan fingerprint density at radius 2 is 2.04 bits per heavy atom. The number of aliphatic hydroxyl groups excluding tert-OH is 1. The van der Waals surface area contributed by atoms with Crippen LogP contribution in [0.15, 0.2) is 18.2 Å². The number of aliphatic hydroxyl groups is 1. The molecular formula is C22H33N3O. The lowest BCUT2D eigenvalue weighted by molar-refractivity contribution is 0.0439. The number of benzene rings is 1. The number of hydrogen-bond donors (Lipinski definition) is 1. The molecule has 1 N–H and O–H groups in total. The molecule has 0 spiro atoms. The molecule has 0 amide bonds. The van der Waals surface area contributed by atoms with Crippen LogP contribution in [0, 0.1) is 6.92 Å². The molecule has 26 heavy (non-hydrogen) atoms. The summed E-state index contributed by atoms with van der Waals surface area (Å²) in [4.78, 5) is 4.87. The van der Waals surface area contributed by atoms with E-state index in [-0.39, 0.29) is 6.10 Å². The molecule has 0 saturated heterocycles. The lowest BCUT2D eigenvalue weighted by atomic mass is 9.89. The highest BCUT2D eigenvalue weighted by Crippen LogP contribution is 2.42. The second-order valence-corrected chi connectivity index (χ2v) is 8.08. The van der Waals surface area contributed by atoms with Crippen molar-refractivity contribution in [2.24, 2.45) is 0 Å². The molecule has 2 aliphatic rings. The monoisotopic (exact) mass is 355 g/mol. The SMILES string of the molecule is CCN(CC)C[C@H](O)CN1CCn2c3c(c4cc(C)ccc42)CCC[C@H]31. The normalized spacial score (nSPS) is 21.3. The Bertz CT molecular complexity index is 777. The van der Waals surface area contributed by atoms with Gasteiger partial charge in [0.1, 0.15) is 0 Å². The Hall–Kier alpha value is -1.36. The van der Waals surface area contributed by atoms with E-state index >= 15 is 0 Å². The largest absolute Gasteiger partial charge is 0.390 e. The van der Waals surface area contributed by atoms with Crippen molar-refractivity contribution in [2.45, 2.75) is 58.7 Å². The van der Waals surface area contributed by atoms with Crippen LogP contribution in [0.5, 0.6) is 0 Å². The minimum absolute atomic E-state index is 0.265. The molecule has 2 aromatic rings. The maximum Gasteiger partial charge on any atom is 0.0794 e. The maximum absolute atomic E-state index is 10.7. The first kappa shape index (κ1) is 18.0. The minimum atomic E-state index is -0.265. The topological polar surface area (TPSA) is 31.6 Å². The minimum Gasteiger partial charge on any atom is -0.390 e. The highest BCUT2D eigenvalue weighted by atomic mass is 16.3. The molecule has 1 aromatic heterocycles. The number of fused-ring (bicyclic) bond motifs is 3. The third-order valence-corrected chi connectivity index (χ3v) is 6.45. The molecule has 4 rings (SSSR count). The van der Waals surface area contributed by atoms with E-state index in [0.29, 0.717) is 6.04 Å². The molecule has 1 aromatic carbocycles. The van der Waals surface area contributed by atoms with Gasteiger partial charge in [-0.1, -0.05) is 25.5 Å². The van der Waals surface area contributed by atoms with Crippen LogP contribution >= 0.6 is 0 Å². The van der Waals surface area contributed by atoms with Crippen molar-refractivity contribution in [3.05, 3.63) is 35.0 Å². The summed E-state index contributed by atoms with van der Waals surface area (Å²) < 4.78 is 2.57. The van der Waals surface area contributed by atoms with E-state index < -0.39 is 0 Å². The number of β-amino-alcohol motifs (C(OH)–C–C–N with tert-alkyl or cyclic N) is 1. The van der Waals surface area contributed by atoms with Crippen LogP contribution < -0.4 is 0 Å². The van der Waals surface area contributed by atoms with Gasteiger partial charge in [0, 0.05) is 42.8 Å². The van der Waals surface area contributed by atoms with E-state index in [1.807, 2.05) is 0 Å². The van der Waals surface area contributed by atoms with Crippen molar-refractivity contribution < 1.29 is 5.11 Å². The molecule has 0 unspecified atom stereocenters. The van der Waals surface area contributed by atoms with Crippen molar-refractivity contribution in [2.75, 3.05) is 32.7 Å². The molecule has 0 saturated carbocycles. The number of rotatable bonds is 6. The molecule has 0 radical (unpaired) electrons. The Labute approximate surface area is 157 Å². The standard InChI is InChI=1S/C22H33N3O/c1-4-23(5-2)14-17(26)15-24-11-12-25-20-10-9-16(3)13-19(20)18-7-6-8-21(24)22(18)25/h9-10,13,17,21,26H,4-8,11-12,14-15H2,1-3H3/t17-,21+/m0/s1. The zero-order valence-electron chi connectivity index (χ0n) is 16.5. The van der Waals surface area contributed by atoms with Gasteiger partial charge in [-0.05, 0) is 57.0 Å². The molecule has 4 nitrogen and oxygen atoms in total. The second kappa shape index (κ2) is 7.34. The second-order valence-electron chi connectivity index (χ2n) is 8.08. The third kappa shape index (κ3) is 3.08. The fraction of sp³-hybridized carbons (Fsp3) is 0.636. The van der Waals surface area contributed by atoms with Gasteiger partial charge in [0.25, 0.3) is 0 Å². The Kier molecular flexibility index (Phi) is 5.09. The number of nitrogens with zero attached hydrogens (tertiary/aromatic N) is 3. The summed E-state index contributed by atoms with van der Waals surface area (Å²) in [5.74, 6) is 0. The van der Waals surface area contributed by atoms with Gasteiger partial charge < -0.3 is 14.6 Å². The maximum atomic E-state index is 10.7. The van der Waals surface area contributed by atoms with E-state index in [2.05, 4.69) is 53.3 Å². The van der Waals surface area contributed by atoms with Crippen LogP contribution in [-0.2, 0) is 13.0 Å². The summed E-state index contributed by atoms with van der Waals surface area (Å²) in [6.07, 6.45) is 3.42. The highest BCUT2D eigenvalue weighted by molar-refractivity contribution is 5.87. The van der Waals surface area contributed by atoms with Crippen molar-refractivity contribution in [3.63, 3.8) is 0 Å². The number of likely N-dealkylation sites (N-methyl/N-ethyl adjacent to an activating group) is 1. The predicted molar refractivity (Wildman–Crippen MR) is 108 cm³/mol. The first-order valence-corrected chi connectivity index (χ1v) is 10.4. The fourth-order valence-electron chi connectivity index (χ4n) is 5.12. The Morgan fingerprint density at radius 3 is 2.81 bits per heavy atom. The average molecular weight is 356 g/mol. The van der Waals surface area contributed by atoms with Crippen LogP contribution in [0.4, 0.5) is 0 Å². The number of aromatic nitrogens is 1. The molecule has 4 heteroatoms. The smallest absolute Gasteiger partial charge is 0.0794 e. The summed E-state index contributed by atoms with van der Waals surface area (Å²) in [7, 11) is 0. The Balaban J connectivity index is 1.61. The molecule has 142 valence electrons. The molecule has 1 aliphatic carbocycles. The van der Waals surface area contributed by atoms with Crippen molar-refractivity contribution in [1.29, 1.82) is 0 Å². The fourth-order valence-corrected chi connectivity index (χ4v) is 5.12. The molecular weight excluding hydrogens is 322 g/mol. The van der Waals surface area contributed by atoms with Gasteiger partial charge in [0.2, 0.25) is 0 Å². The molecule has 2 heterocycles. The summed E-state index contributed by atoms with van der Waals surface area (Å²) in [6.45, 7) is 12.2. The first-order chi connectivity index (χ1) is 12.6. The van der Waals surface area contributed by atoms with Gasteiger partial charge in [0.15, 0.2) is 0 Å². The van der Waals surface area contributed by atoms with Crippen LogP contribution in [0.25, 0.3) is 10.9 Å². The van der Waals surface area contributed by atoms with Gasteiger partial charge in [0.05, 0.1) is 12.1 Å². The summed E-state index contributed by atoms with van der Waals surface area (Å²) in [5.41, 5.74) is 5.88. The summed E-state index contributed by atoms with van der Waals surface area (Å²) >= 11 is 0. The van der Waals surface area contributed by atoms with Gasteiger partial charge in [-0.3, -0.25) is 4.90 Å². The lowest BCUT2D eigenvalue weighted by Gasteiger charge is -2.41. The number of hydrogen-bond acceptors (Lipinski definition) is 3. The molecule has 0 bridgehead atoms.